The van der Waals surface area contributed by atoms with Crippen LogP contribution in [0.1, 0.15) is 6.42 Å². The molecule has 0 radical (unpaired) electrons. The molecule has 9 nitrogen and oxygen atoms in total. The Morgan fingerprint density at radius 1 is 1.10 bits per heavy atom. The van der Waals surface area contributed by atoms with Gasteiger partial charge in [0, 0.05) is 51.6 Å². The molecule has 1 saturated heterocycles. The van der Waals surface area contributed by atoms with E-state index in [1.54, 1.807) is 19.3 Å². The van der Waals surface area contributed by atoms with Crippen molar-refractivity contribution in [2.75, 3.05) is 23.3 Å². The molecule has 3 aromatic rings. The van der Waals surface area contributed by atoms with Gasteiger partial charge in [0.2, 0.25) is 11.8 Å². The fraction of sp³-hybridized carbons (Fsp3) is 0.300. The number of aromatic nitrogens is 4. The molecular formula is C20H22N6O3. The van der Waals surface area contributed by atoms with Gasteiger partial charge in [-0.25, -0.2) is 9.78 Å². The van der Waals surface area contributed by atoms with Gasteiger partial charge < -0.3 is 15.0 Å². The lowest BCUT2D eigenvalue weighted by molar-refractivity contribution is 0.462. The zero-order chi connectivity index (χ0) is 20.4. The second-order valence-corrected chi connectivity index (χ2v) is 6.95. The van der Waals surface area contributed by atoms with Crippen LogP contribution in [0.3, 0.4) is 0 Å². The Morgan fingerprint density at radius 3 is 2.69 bits per heavy atom. The highest BCUT2D eigenvalue weighted by Gasteiger charge is 2.25. The molecule has 2 aromatic heterocycles. The van der Waals surface area contributed by atoms with Crippen LogP contribution in [0, 0.1) is 0 Å². The number of nitrogens with one attached hydrogen (secondary N) is 1. The minimum absolute atomic E-state index is 0.0844. The number of hydrogen-bond acceptors (Lipinski definition) is 7. The van der Waals surface area contributed by atoms with E-state index in [1.165, 1.54) is 17.7 Å². The van der Waals surface area contributed by atoms with Crippen LogP contribution in [0.25, 0.3) is 0 Å². The Balaban J connectivity index is 1.45. The molecule has 9 heteroatoms. The Hall–Kier alpha value is -3.62. The summed E-state index contributed by atoms with van der Waals surface area (Å²) in [5.74, 6) is 2.25. The van der Waals surface area contributed by atoms with Crippen LogP contribution in [-0.4, -0.2) is 38.2 Å². The first-order valence-corrected chi connectivity index (χ1v) is 9.36. The highest BCUT2D eigenvalue weighted by Crippen LogP contribution is 2.22. The van der Waals surface area contributed by atoms with Crippen LogP contribution < -0.4 is 26.2 Å². The average Bonchev–Trinajstić information content (AvgIpc) is 3.18. The Kier molecular flexibility index (Phi) is 5.03. The van der Waals surface area contributed by atoms with Crippen molar-refractivity contribution in [1.82, 2.24) is 19.1 Å². The Labute approximate surface area is 167 Å². The zero-order valence-electron chi connectivity index (χ0n) is 16.3. The molecule has 0 unspecified atom stereocenters. The third-order valence-electron chi connectivity index (χ3n) is 4.94. The third-order valence-corrected chi connectivity index (χ3v) is 4.94. The normalized spacial score (nSPS) is 16.1. The molecule has 4 rings (SSSR count). The van der Waals surface area contributed by atoms with Gasteiger partial charge in [0.1, 0.15) is 11.6 Å². The van der Waals surface area contributed by atoms with Crippen LogP contribution in [0.5, 0.6) is 11.6 Å². The lowest BCUT2D eigenvalue weighted by atomic mass is 10.3. The van der Waals surface area contributed by atoms with Crippen molar-refractivity contribution in [3.63, 3.8) is 0 Å². The van der Waals surface area contributed by atoms with E-state index in [0.717, 1.165) is 17.5 Å². The van der Waals surface area contributed by atoms with Crippen LogP contribution >= 0.6 is 0 Å². The quantitative estimate of drug-likeness (QED) is 0.698. The van der Waals surface area contributed by atoms with Gasteiger partial charge in [-0.1, -0.05) is 18.2 Å². The Morgan fingerprint density at radius 2 is 1.90 bits per heavy atom. The summed E-state index contributed by atoms with van der Waals surface area (Å²) in [6.07, 6.45) is 2.47. The van der Waals surface area contributed by atoms with E-state index in [1.807, 2.05) is 35.2 Å². The van der Waals surface area contributed by atoms with Crippen LogP contribution in [-0.2, 0) is 14.1 Å². The fourth-order valence-electron chi connectivity index (χ4n) is 3.37. The smallest absolute Gasteiger partial charge is 0.332 e. The SMILES string of the molecule is Cn1c(N2CC[C@H](Nc3nccc(Oc4ccccc4)n3)C2)cc(=O)n(C)c1=O. The summed E-state index contributed by atoms with van der Waals surface area (Å²) in [6.45, 7) is 1.35. The maximum Gasteiger partial charge on any atom is 0.332 e. The minimum atomic E-state index is -0.335. The van der Waals surface area contributed by atoms with Gasteiger partial charge in [-0.05, 0) is 18.6 Å². The molecule has 0 saturated carbocycles. The Bertz CT molecular complexity index is 1130. The monoisotopic (exact) mass is 394 g/mol. The summed E-state index contributed by atoms with van der Waals surface area (Å²) < 4.78 is 8.34. The second kappa shape index (κ2) is 7.78. The molecule has 29 heavy (non-hydrogen) atoms. The summed E-state index contributed by atoms with van der Waals surface area (Å²) in [6, 6.07) is 12.7. The maximum absolute atomic E-state index is 12.2. The molecule has 1 atom stereocenters. The number of anilines is 2. The number of benzene rings is 1. The van der Waals surface area contributed by atoms with E-state index in [0.29, 0.717) is 29.9 Å². The highest BCUT2D eigenvalue weighted by molar-refractivity contribution is 5.42. The van der Waals surface area contributed by atoms with Crippen molar-refractivity contribution >= 4 is 11.8 Å². The molecular weight excluding hydrogens is 372 g/mol. The summed E-state index contributed by atoms with van der Waals surface area (Å²) in [5.41, 5.74) is -0.647. The minimum Gasteiger partial charge on any atom is -0.439 e. The summed E-state index contributed by atoms with van der Waals surface area (Å²) >= 11 is 0. The zero-order valence-corrected chi connectivity index (χ0v) is 16.3. The molecule has 0 bridgehead atoms. The van der Waals surface area contributed by atoms with Crippen molar-refractivity contribution < 1.29 is 4.74 Å². The van der Waals surface area contributed by atoms with Crippen LogP contribution in [0.2, 0.25) is 0 Å². The first-order chi connectivity index (χ1) is 14.0. The largest absolute Gasteiger partial charge is 0.439 e. The van der Waals surface area contributed by atoms with E-state index in [-0.39, 0.29) is 17.3 Å². The topological polar surface area (TPSA) is 94.3 Å². The second-order valence-electron chi connectivity index (χ2n) is 6.95. The van der Waals surface area contributed by atoms with Crippen molar-refractivity contribution in [2.24, 2.45) is 14.1 Å². The summed E-state index contributed by atoms with van der Waals surface area (Å²) in [4.78, 5) is 34.9. The van der Waals surface area contributed by atoms with E-state index < -0.39 is 0 Å². The molecule has 0 amide bonds. The van der Waals surface area contributed by atoms with Crippen LogP contribution in [0.4, 0.5) is 11.8 Å². The van der Waals surface area contributed by atoms with Gasteiger partial charge in [0.25, 0.3) is 5.56 Å². The predicted octanol–water partition coefficient (Wildman–Crippen LogP) is 1.36. The first-order valence-electron chi connectivity index (χ1n) is 9.36. The van der Waals surface area contributed by atoms with E-state index in [9.17, 15) is 9.59 Å². The van der Waals surface area contributed by atoms with Crippen molar-refractivity contribution in [2.45, 2.75) is 12.5 Å². The molecule has 1 fully saturated rings. The molecule has 1 N–H and O–H groups in total. The lowest BCUT2D eigenvalue weighted by Crippen LogP contribution is -2.40. The van der Waals surface area contributed by atoms with Gasteiger partial charge in [-0.3, -0.25) is 13.9 Å². The first kappa shape index (κ1) is 18.7. The highest BCUT2D eigenvalue weighted by atomic mass is 16.5. The average molecular weight is 394 g/mol. The van der Waals surface area contributed by atoms with Gasteiger partial charge in [0.05, 0.1) is 0 Å². The molecule has 0 aliphatic carbocycles. The van der Waals surface area contributed by atoms with E-state index in [2.05, 4.69) is 15.3 Å². The number of nitrogens with zero attached hydrogens (tertiary/aromatic N) is 5. The molecule has 1 aliphatic rings. The summed E-state index contributed by atoms with van der Waals surface area (Å²) in [7, 11) is 3.15. The molecule has 150 valence electrons. The third kappa shape index (κ3) is 3.98. The van der Waals surface area contributed by atoms with Crippen molar-refractivity contribution in [1.29, 1.82) is 0 Å². The van der Waals surface area contributed by atoms with Gasteiger partial charge in [0.15, 0.2) is 0 Å². The number of ether oxygens (including phenoxy) is 1. The predicted molar refractivity (Wildman–Crippen MR) is 110 cm³/mol. The maximum atomic E-state index is 12.2. The van der Waals surface area contributed by atoms with Gasteiger partial charge in [-0.15, -0.1) is 0 Å². The van der Waals surface area contributed by atoms with Gasteiger partial charge in [-0.2, -0.15) is 4.98 Å². The number of rotatable bonds is 5. The summed E-state index contributed by atoms with van der Waals surface area (Å²) in [5, 5.41) is 3.31. The standard InChI is InChI=1S/C20H22N6O3/c1-24-17(12-18(27)25(2)20(24)28)26-11-9-14(13-26)22-19-21-10-8-16(23-19)29-15-6-4-3-5-7-15/h3-8,10,12,14H,9,11,13H2,1-2H3,(H,21,22,23)/t14-/m0/s1. The van der Waals surface area contributed by atoms with E-state index >= 15 is 0 Å². The van der Waals surface area contributed by atoms with Crippen molar-refractivity contribution in [3.8, 4) is 11.6 Å². The molecule has 3 heterocycles. The number of para-hydroxylation sites is 1. The molecule has 0 spiro atoms. The molecule has 1 aromatic carbocycles. The lowest BCUT2D eigenvalue weighted by Gasteiger charge is -2.21. The molecule has 1 aliphatic heterocycles. The van der Waals surface area contributed by atoms with Crippen molar-refractivity contribution in [3.05, 3.63) is 69.5 Å². The van der Waals surface area contributed by atoms with Crippen LogP contribution in [0.15, 0.2) is 58.3 Å². The fourth-order valence-corrected chi connectivity index (χ4v) is 3.37. The van der Waals surface area contributed by atoms with E-state index in [4.69, 9.17) is 4.74 Å². The van der Waals surface area contributed by atoms with Gasteiger partial charge >= 0.3 is 5.69 Å². The number of hydrogen-bond donors (Lipinski definition) is 1.